The molecule has 0 unspecified atom stereocenters. The summed E-state index contributed by atoms with van der Waals surface area (Å²) in [6.45, 7) is 3.35. The molecule has 2 aromatic carbocycles. The Bertz CT molecular complexity index is 678. The summed E-state index contributed by atoms with van der Waals surface area (Å²) in [4.78, 5) is 11.8. The third kappa shape index (κ3) is 3.47. The van der Waals surface area contributed by atoms with Gasteiger partial charge in [-0.3, -0.25) is 0 Å². The lowest BCUT2D eigenvalue weighted by molar-refractivity contribution is 0.262. The van der Waals surface area contributed by atoms with Crippen LogP contribution in [-0.4, -0.2) is 6.03 Å². The highest BCUT2D eigenvalue weighted by Crippen LogP contribution is 2.22. The van der Waals surface area contributed by atoms with Crippen LogP contribution >= 0.6 is 0 Å². The number of amides is 2. The van der Waals surface area contributed by atoms with E-state index in [4.69, 9.17) is 5.73 Å². The minimum Gasteiger partial charge on any atom is -0.398 e. The number of aryl methyl sites for hydroxylation is 2. The molecule has 0 spiro atoms. The van der Waals surface area contributed by atoms with Gasteiger partial charge < -0.3 is 16.4 Å². The third-order valence-corrected chi connectivity index (χ3v) is 3.03. The van der Waals surface area contributed by atoms with Crippen molar-refractivity contribution in [1.29, 1.82) is 0 Å². The van der Waals surface area contributed by atoms with E-state index in [1.54, 1.807) is 18.2 Å². The van der Waals surface area contributed by atoms with E-state index >= 15 is 0 Å². The van der Waals surface area contributed by atoms with Crippen LogP contribution in [0.25, 0.3) is 0 Å². The maximum Gasteiger partial charge on any atom is 0.323 e. The van der Waals surface area contributed by atoms with Crippen LogP contribution in [0.15, 0.2) is 30.3 Å². The maximum absolute atomic E-state index is 13.6. The Labute approximate surface area is 121 Å². The molecule has 0 aromatic heterocycles. The molecular formula is C15H15F2N3O. The summed E-state index contributed by atoms with van der Waals surface area (Å²) in [6, 6.07) is 6.26. The van der Waals surface area contributed by atoms with E-state index in [0.717, 1.165) is 11.6 Å². The zero-order valence-corrected chi connectivity index (χ0v) is 11.6. The number of anilines is 3. The summed E-state index contributed by atoms with van der Waals surface area (Å²) in [5, 5.41) is 4.89. The standard InChI is InChI=1S/C15H15F2N3O/c1-8-3-4-11(7-13(8)18)19-15(21)20-14-9(2)5-10(16)6-12(14)17/h3-7H,18H2,1-2H3,(H2,19,20,21). The van der Waals surface area contributed by atoms with E-state index in [1.807, 2.05) is 6.92 Å². The molecule has 0 saturated heterocycles. The number of hydrogen-bond acceptors (Lipinski definition) is 2. The Hall–Kier alpha value is -2.63. The first-order valence-electron chi connectivity index (χ1n) is 6.26. The van der Waals surface area contributed by atoms with Crippen LogP contribution in [0, 0.1) is 25.5 Å². The summed E-state index contributed by atoms with van der Waals surface area (Å²) in [6.07, 6.45) is 0. The number of halogens is 2. The number of carbonyl (C=O) groups is 1. The second kappa shape index (κ2) is 5.78. The smallest absolute Gasteiger partial charge is 0.323 e. The van der Waals surface area contributed by atoms with Crippen molar-refractivity contribution in [3.8, 4) is 0 Å². The monoisotopic (exact) mass is 291 g/mol. The Morgan fingerprint density at radius 1 is 1.05 bits per heavy atom. The van der Waals surface area contributed by atoms with Crippen LogP contribution in [0.1, 0.15) is 11.1 Å². The molecule has 0 radical (unpaired) electrons. The van der Waals surface area contributed by atoms with Crippen molar-refractivity contribution in [3.63, 3.8) is 0 Å². The first-order chi connectivity index (χ1) is 9.86. The summed E-state index contributed by atoms with van der Waals surface area (Å²) < 4.78 is 26.6. The van der Waals surface area contributed by atoms with Crippen molar-refractivity contribution in [2.75, 3.05) is 16.4 Å². The normalized spacial score (nSPS) is 10.3. The Morgan fingerprint density at radius 3 is 2.38 bits per heavy atom. The van der Waals surface area contributed by atoms with Gasteiger partial charge >= 0.3 is 6.03 Å². The lowest BCUT2D eigenvalue weighted by Gasteiger charge is -2.12. The number of benzene rings is 2. The van der Waals surface area contributed by atoms with Crippen LogP contribution in [0.3, 0.4) is 0 Å². The number of hydrogen-bond donors (Lipinski definition) is 3. The van der Waals surface area contributed by atoms with Crippen molar-refractivity contribution < 1.29 is 13.6 Å². The molecule has 0 heterocycles. The Balaban J connectivity index is 2.13. The lowest BCUT2D eigenvalue weighted by atomic mass is 10.2. The minimum absolute atomic E-state index is 0.0611. The molecule has 2 aromatic rings. The molecule has 0 aliphatic heterocycles. The molecule has 0 aliphatic carbocycles. The lowest BCUT2D eigenvalue weighted by Crippen LogP contribution is -2.21. The first kappa shape index (κ1) is 14.8. The van der Waals surface area contributed by atoms with Crippen LogP contribution in [0.4, 0.5) is 30.6 Å². The Kier molecular flexibility index (Phi) is 4.07. The van der Waals surface area contributed by atoms with Crippen molar-refractivity contribution in [3.05, 3.63) is 53.1 Å². The number of nitrogens with one attached hydrogen (secondary N) is 2. The fourth-order valence-corrected chi connectivity index (χ4v) is 1.85. The quantitative estimate of drug-likeness (QED) is 0.736. The number of rotatable bonds is 2. The van der Waals surface area contributed by atoms with Gasteiger partial charge in [-0.2, -0.15) is 0 Å². The second-order valence-corrected chi connectivity index (χ2v) is 4.73. The molecule has 4 N–H and O–H groups in total. The van der Waals surface area contributed by atoms with Crippen LogP contribution in [0.5, 0.6) is 0 Å². The number of nitrogen functional groups attached to an aromatic ring is 1. The van der Waals surface area contributed by atoms with Gasteiger partial charge in [0.15, 0.2) is 0 Å². The van der Waals surface area contributed by atoms with Crippen molar-refractivity contribution in [2.45, 2.75) is 13.8 Å². The highest BCUT2D eigenvalue weighted by molar-refractivity contribution is 6.00. The van der Waals surface area contributed by atoms with Gasteiger partial charge in [0.25, 0.3) is 0 Å². The van der Waals surface area contributed by atoms with E-state index in [1.165, 1.54) is 6.92 Å². The summed E-state index contributed by atoms with van der Waals surface area (Å²) in [5.41, 5.74) is 7.89. The number of carbonyl (C=O) groups excluding carboxylic acids is 1. The summed E-state index contributed by atoms with van der Waals surface area (Å²) in [5.74, 6) is -1.52. The summed E-state index contributed by atoms with van der Waals surface area (Å²) in [7, 11) is 0. The predicted molar refractivity (Wildman–Crippen MR) is 79.3 cm³/mol. The Morgan fingerprint density at radius 2 is 1.76 bits per heavy atom. The van der Waals surface area contributed by atoms with Gasteiger partial charge in [0.05, 0.1) is 5.69 Å². The largest absolute Gasteiger partial charge is 0.398 e. The third-order valence-electron chi connectivity index (χ3n) is 3.03. The fraction of sp³-hybridized carbons (Fsp3) is 0.133. The molecule has 0 aliphatic rings. The van der Waals surface area contributed by atoms with E-state index in [2.05, 4.69) is 10.6 Å². The minimum atomic E-state index is -0.828. The van der Waals surface area contributed by atoms with E-state index in [0.29, 0.717) is 23.0 Å². The molecular weight excluding hydrogens is 276 g/mol. The number of nitrogens with two attached hydrogens (primary N) is 1. The van der Waals surface area contributed by atoms with Crippen molar-refractivity contribution in [1.82, 2.24) is 0 Å². The van der Waals surface area contributed by atoms with Gasteiger partial charge in [0.2, 0.25) is 0 Å². The molecule has 4 nitrogen and oxygen atoms in total. The van der Waals surface area contributed by atoms with E-state index in [9.17, 15) is 13.6 Å². The topological polar surface area (TPSA) is 67.2 Å². The van der Waals surface area contributed by atoms with E-state index in [-0.39, 0.29) is 5.69 Å². The highest BCUT2D eigenvalue weighted by atomic mass is 19.1. The van der Waals surface area contributed by atoms with Crippen molar-refractivity contribution in [2.24, 2.45) is 0 Å². The molecule has 0 saturated carbocycles. The zero-order valence-electron chi connectivity index (χ0n) is 11.6. The predicted octanol–water partition coefficient (Wildman–Crippen LogP) is 3.81. The molecule has 2 rings (SSSR count). The molecule has 2 amide bonds. The average molecular weight is 291 g/mol. The van der Waals surface area contributed by atoms with Gasteiger partial charge in [0, 0.05) is 17.4 Å². The molecule has 0 fully saturated rings. The molecule has 110 valence electrons. The van der Waals surface area contributed by atoms with Gasteiger partial charge in [-0.1, -0.05) is 6.07 Å². The second-order valence-electron chi connectivity index (χ2n) is 4.73. The van der Waals surface area contributed by atoms with E-state index < -0.39 is 17.7 Å². The van der Waals surface area contributed by atoms with Crippen LogP contribution < -0.4 is 16.4 Å². The highest BCUT2D eigenvalue weighted by Gasteiger charge is 2.12. The number of urea groups is 1. The molecule has 0 bridgehead atoms. The van der Waals surface area contributed by atoms with Gasteiger partial charge in [-0.25, -0.2) is 13.6 Å². The van der Waals surface area contributed by atoms with Crippen LogP contribution in [-0.2, 0) is 0 Å². The molecule has 21 heavy (non-hydrogen) atoms. The maximum atomic E-state index is 13.6. The average Bonchev–Trinajstić information content (AvgIpc) is 2.38. The summed E-state index contributed by atoms with van der Waals surface area (Å²) >= 11 is 0. The van der Waals surface area contributed by atoms with Gasteiger partial charge in [-0.15, -0.1) is 0 Å². The first-order valence-corrected chi connectivity index (χ1v) is 6.26. The molecule has 0 atom stereocenters. The molecule has 6 heteroatoms. The van der Waals surface area contributed by atoms with Gasteiger partial charge in [0.1, 0.15) is 11.6 Å². The van der Waals surface area contributed by atoms with Gasteiger partial charge in [-0.05, 0) is 43.2 Å². The SMILES string of the molecule is Cc1ccc(NC(=O)Nc2c(C)cc(F)cc2F)cc1N. The zero-order chi connectivity index (χ0) is 15.6. The van der Waals surface area contributed by atoms with Crippen LogP contribution in [0.2, 0.25) is 0 Å². The van der Waals surface area contributed by atoms with Crippen molar-refractivity contribution >= 4 is 23.1 Å². The fourth-order valence-electron chi connectivity index (χ4n) is 1.85.